The molecule has 30 heavy (non-hydrogen) atoms. The number of aliphatic hydroxyl groups is 4. The van der Waals surface area contributed by atoms with Crippen LogP contribution in [0.5, 0.6) is 0 Å². The summed E-state index contributed by atoms with van der Waals surface area (Å²) >= 11 is 1.34. The molecule has 1 aliphatic heterocycles. The van der Waals surface area contributed by atoms with E-state index in [0.717, 1.165) is 16.2 Å². The lowest BCUT2D eigenvalue weighted by Crippen LogP contribution is -2.55. The highest BCUT2D eigenvalue weighted by Gasteiger charge is 2.44. The summed E-state index contributed by atoms with van der Waals surface area (Å²) in [5.74, 6) is -0.639. The van der Waals surface area contributed by atoms with Gasteiger partial charge in [0.25, 0.3) is 0 Å². The van der Waals surface area contributed by atoms with Crippen LogP contribution in [0.15, 0.2) is 48.5 Å². The molecule has 1 aliphatic rings. The lowest BCUT2D eigenvalue weighted by Gasteiger charge is -2.40. The minimum Gasteiger partial charge on any atom is -0.394 e. The maximum atomic E-state index is 14.7. The quantitative estimate of drug-likeness (QED) is 0.307. The van der Waals surface area contributed by atoms with Crippen LogP contribution in [-0.2, 0) is 9.62 Å². The van der Waals surface area contributed by atoms with Crippen molar-refractivity contribution in [2.75, 3.05) is 6.61 Å². The molecule has 3 aromatic rings. The predicted octanol–water partition coefficient (Wildman–Crippen LogP) is 2.13. The fourth-order valence-electron chi connectivity index (χ4n) is 3.71. The molecule has 0 spiro atoms. The number of thiophene rings is 1. The van der Waals surface area contributed by atoms with Gasteiger partial charge in [-0.15, -0.1) is 11.3 Å². The van der Waals surface area contributed by atoms with E-state index in [1.165, 1.54) is 23.5 Å². The monoisotopic (exact) mass is 436 g/mol. The van der Waals surface area contributed by atoms with Crippen LogP contribution in [0.2, 0.25) is 0 Å². The fourth-order valence-corrected chi connectivity index (χ4v) is 4.82. The molecule has 0 bridgehead atoms. The second-order valence-corrected chi connectivity index (χ2v) is 8.32. The van der Waals surface area contributed by atoms with E-state index in [0.29, 0.717) is 10.4 Å². The molecule has 2 heterocycles. The van der Waals surface area contributed by atoms with E-state index in [2.05, 4.69) is 4.89 Å². The van der Waals surface area contributed by atoms with Gasteiger partial charge in [-0.2, -0.15) is 0 Å². The van der Waals surface area contributed by atoms with Gasteiger partial charge >= 0.3 is 0 Å². The number of halogens is 1. The third kappa shape index (κ3) is 3.75. The van der Waals surface area contributed by atoms with Gasteiger partial charge in [0.15, 0.2) is 6.10 Å². The lowest BCUT2D eigenvalue weighted by atomic mass is 9.90. The Kier molecular flexibility index (Phi) is 6.14. The van der Waals surface area contributed by atoms with Crippen molar-refractivity contribution in [1.82, 2.24) is 0 Å². The first kappa shape index (κ1) is 21.3. The van der Waals surface area contributed by atoms with Crippen LogP contribution < -0.4 is 0 Å². The number of fused-ring (bicyclic) bond motifs is 1. The lowest BCUT2D eigenvalue weighted by molar-refractivity contribution is -0.270. The third-order valence-electron chi connectivity index (χ3n) is 5.33. The molecule has 6 atom stereocenters. The van der Waals surface area contributed by atoms with Gasteiger partial charge in [-0.3, -0.25) is 5.26 Å². The number of benzene rings is 2. The Morgan fingerprint density at radius 3 is 2.50 bits per heavy atom. The second kappa shape index (κ2) is 8.66. The Hall–Kier alpha value is -1.95. The Morgan fingerprint density at radius 2 is 1.80 bits per heavy atom. The third-order valence-corrected chi connectivity index (χ3v) is 6.49. The van der Waals surface area contributed by atoms with Crippen LogP contribution >= 0.6 is 11.3 Å². The van der Waals surface area contributed by atoms with Crippen molar-refractivity contribution < 1.29 is 39.7 Å². The number of hydrogen-bond donors (Lipinski definition) is 5. The maximum Gasteiger partial charge on any atom is 0.155 e. The van der Waals surface area contributed by atoms with Crippen molar-refractivity contribution >= 4 is 21.4 Å². The Bertz CT molecular complexity index is 991. The van der Waals surface area contributed by atoms with E-state index in [-0.39, 0.29) is 5.56 Å². The Balaban J connectivity index is 1.71. The van der Waals surface area contributed by atoms with Gasteiger partial charge in [-0.05, 0) is 35.2 Å². The predicted molar refractivity (Wildman–Crippen MR) is 107 cm³/mol. The molecular formula is C21H21FO7S. The molecule has 9 heteroatoms. The average Bonchev–Trinajstić information content (AvgIpc) is 3.18. The highest BCUT2D eigenvalue weighted by atomic mass is 32.1. The first-order valence-corrected chi connectivity index (χ1v) is 10.1. The first-order valence-electron chi connectivity index (χ1n) is 9.33. The first-order chi connectivity index (χ1) is 14.4. The molecule has 1 saturated heterocycles. The van der Waals surface area contributed by atoms with Gasteiger partial charge in [-0.25, -0.2) is 9.28 Å². The van der Waals surface area contributed by atoms with Crippen LogP contribution in [0.25, 0.3) is 10.1 Å². The molecular weight excluding hydrogens is 415 g/mol. The van der Waals surface area contributed by atoms with E-state index >= 15 is 0 Å². The normalized spacial score (nSPS) is 28.0. The zero-order chi connectivity index (χ0) is 21.4. The van der Waals surface area contributed by atoms with Gasteiger partial charge < -0.3 is 25.2 Å². The number of ether oxygens (including phenoxy) is 1. The molecule has 2 aromatic carbocycles. The minimum atomic E-state index is -1.55. The van der Waals surface area contributed by atoms with Gasteiger partial charge in [-0.1, -0.05) is 24.3 Å². The largest absolute Gasteiger partial charge is 0.394 e. The van der Waals surface area contributed by atoms with Crippen molar-refractivity contribution in [3.05, 3.63) is 70.4 Å². The Morgan fingerprint density at radius 1 is 1.03 bits per heavy atom. The summed E-state index contributed by atoms with van der Waals surface area (Å²) < 4.78 is 21.2. The zero-order valence-electron chi connectivity index (χ0n) is 15.6. The molecule has 4 rings (SSSR count). The topological polar surface area (TPSA) is 120 Å². The average molecular weight is 436 g/mol. The van der Waals surface area contributed by atoms with E-state index < -0.39 is 49.0 Å². The highest BCUT2D eigenvalue weighted by molar-refractivity contribution is 7.19. The van der Waals surface area contributed by atoms with Crippen LogP contribution in [0, 0.1) is 5.82 Å². The molecule has 0 aliphatic carbocycles. The van der Waals surface area contributed by atoms with Gasteiger partial charge in [0.1, 0.15) is 36.3 Å². The molecule has 0 radical (unpaired) electrons. The fraction of sp³-hybridized carbons (Fsp3) is 0.333. The van der Waals surface area contributed by atoms with Crippen molar-refractivity contribution in [1.29, 1.82) is 0 Å². The summed E-state index contributed by atoms with van der Waals surface area (Å²) in [5.41, 5.74) is 0.310. The number of hydrogen-bond acceptors (Lipinski definition) is 8. The zero-order valence-corrected chi connectivity index (χ0v) is 16.4. The van der Waals surface area contributed by atoms with Gasteiger partial charge in [0.2, 0.25) is 0 Å². The van der Waals surface area contributed by atoms with Crippen molar-refractivity contribution in [2.24, 2.45) is 0 Å². The molecule has 5 N–H and O–H groups in total. The molecule has 7 nitrogen and oxygen atoms in total. The van der Waals surface area contributed by atoms with Crippen LogP contribution in [-0.4, -0.2) is 56.7 Å². The summed E-state index contributed by atoms with van der Waals surface area (Å²) in [4.78, 5) is 5.19. The Labute approximate surface area is 175 Å². The van der Waals surface area contributed by atoms with E-state index in [1.807, 2.05) is 24.3 Å². The molecule has 0 saturated carbocycles. The van der Waals surface area contributed by atoms with E-state index in [9.17, 15) is 30.1 Å². The van der Waals surface area contributed by atoms with Crippen LogP contribution in [0.3, 0.4) is 0 Å². The van der Waals surface area contributed by atoms with E-state index in [4.69, 9.17) is 4.74 Å². The number of aliphatic hydroxyl groups excluding tert-OH is 4. The van der Waals surface area contributed by atoms with Crippen molar-refractivity contribution in [3.63, 3.8) is 0 Å². The summed E-state index contributed by atoms with van der Waals surface area (Å²) in [5, 5.41) is 50.2. The molecule has 0 amide bonds. The summed E-state index contributed by atoms with van der Waals surface area (Å²) in [6.45, 7) is -0.570. The molecule has 1 fully saturated rings. The van der Waals surface area contributed by atoms with Crippen LogP contribution in [0.1, 0.15) is 28.2 Å². The standard InChI is InChI=1S/C21H21FO7S/c22-13-6-5-11(20-19(26)18(25)17(24)14(9-23)28-20)7-12(13)21(29-27)16-8-10-3-1-2-4-15(10)30-16/h1-8,14,17-21,23-27H,9H2/t14-,17-,18+,19-,20+,21?/m1/s1. The van der Waals surface area contributed by atoms with Crippen molar-refractivity contribution in [2.45, 2.75) is 36.6 Å². The highest BCUT2D eigenvalue weighted by Crippen LogP contribution is 2.38. The van der Waals surface area contributed by atoms with Gasteiger partial charge in [0, 0.05) is 15.1 Å². The van der Waals surface area contributed by atoms with Crippen LogP contribution in [0.4, 0.5) is 4.39 Å². The molecule has 160 valence electrons. The summed E-state index contributed by atoms with van der Waals surface area (Å²) in [7, 11) is 0. The summed E-state index contributed by atoms with van der Waals surface area (Å²) in [6, 6.07) is 13.2. The van der Waals surface area contributed by atoms with E-state index in [1.54, 1.807) is 6.07 Å². The minimum absolute atomic E-state index is 0.0125. The van der Waals surface area contributed by atoms with Gasteiger partial charge in [0.05, 0.1) is 6.61 Å². The SMILES string of the molecule is OC[C@H]1O[C@@H](c2ccc(F)c(C(OO)c3cc4ccccc4s3)c2)[C@H](O)[C@@H](O)[C@@H]1O. The smallest absolute Gasteiger partial charge is 0.155 e. The molecule has 1 unspecified atom stereocenters. The number of rotatable bonds is 5. The maximum absolute atomic E-state index is 14.7. The molecule has 1 aromatic heterocycles. The van der Waals surface area contributed by atoms with Crippen molar-refractivity contribution in [3.8, 4) is 0 Å². The second-order valence-electron chi connectivity index (χ2n) is 7.20. The summed E-state index contributed by atoms with van der Waals surface area (Å²) in [6.07, 6.45) is -7.88.